The van der Waals surface area contributed by atoms with Crippen LogP contribution in [0.5, 0.6) is 5.75 Å². The van der Waals surface area contributed by atoms with E-state index in [1.54, 1.807) is 7.11 Å². The second-order valence-corrected chi connectivity index (χ2v) is 7.17. The Labute approximate surface area is 173 Å². The van der Waals surface area contributed by atoms with E-state index in [0.29, 0.717) is 23.7 Å². The Morgan fingerprint density at radius 2 is 1.90 bits per heavy atom. The molecule has 0 unspecified atom stereocenters. The van der Waals surface area contributed by atoms with Gasteiger partial charge in [-0.2, -0.15) is 5.10 Å². The predicted molar refractivity (Wildman–Crippen MR) is 114 cm³/mol. The van der Waals surface area contributed by atoms with Crippen molar-refractivity contribution in [1.82, 2.24) is 15.1 Å². The largest absolute Gasteiger partial charge is 0.497 e. The van der Waals surface area contributed by atoms with Crippen LogP contribution in [0.25, 0.3) is 10.9 Å². The van der Waals surface area contributed by atoms with Crippen molar-refractivity contribution in [2.24, 2.45) is 0 Å². The fourth-order valence-electron chi connectivity index (χ4n) is 3.17. The lowest BCUT2D eigenvalue weighted by atomic mass is 10.1. The van der Waals surface area contributed by atoms with Gasteiger partial charge in [-0.05, 0) is 47.5 Å². The Balaban J connectivity index is 1.51. The molecule has 29 heavy (non-hydrogen) atoms. The molecule has 0 spiro atoms. The number of ether oxygens (including phenoxy) is 1. The number of nitrogens with one attached hydrogen (secondary N) is 1. The number of nitrogens with zero attached hydrogens (tertiary/aromatic N) is 2. The van der Waals surface area contributed by atoms with Gasteiger partial charge in [0, 0.05) is 22.5 Å². The zero-order valence-corrected chi connectivity index (χ0v) is 16.7. The molecule has 0 saturated heterocycles. The maximum Gasteiger partial charge on any atom is 0.251 e. The van der Waals surface area contributed by atoms with Crippen LogP contribution >= 0.6 is 11.6 Å². The number of halogens is 1. The van der Waals surface area contributed by atoms with E-state index < -0.39 is 0 Å². The number of benzene rings is 3. The van der Waals surface area contributed by atoms with Crippen molar-refractivity contribution in [2.75, 3.05) is 7.11 Å². The van der Waals surface area contributed by atoms with Crippen LogP contribution in [0.1, 0.15) is 21.5 Å². The number of hydrogen-bond acceptors (Lipinski definition) is 3. The zero-order chi connectivity index (χ0) is 20.2. The van der Waals surface area contributed by atoms with E-state index in [9.17, 15) is 4.79 Å². The summed E-state index contributed by atoms with van der Waals surface area (Å²) in [5, 5.41) is 9.12. The van der Waals surface area contributed by atoms with Crippen molar-refractivity contribution in [1.29, 1.82) is 0 Å². The van der Waals surface area contributed by atoms with E-state index in [2.05, 4.69) is 10.4 Å². The molecular weight excluding hydrogens is 386 g/mol. The minimum Gasteiger partial charge on any atom is -0.497 e. The van der Waals surface area contributed by atoms with Crippen molar-refractivity contribution in [3.05, 3.63) is 94.6 Å². The van der Waals surface area contributed by atoms with Gasteiger partial charge in [0.2, 0.25) is 0 Å². The summed E-state index contributed by atoms with van der Waals surface area (Å²) < 4.78 is 7.11. The van der Waals surface area contributed by atoms with Crippen LogP contribution in [0.4, 0.5) is 0 Å². The molecule has 0 aliphatic carbocycles. The SMILES string of the molecule is COc1cccc(CNC(=O)c2ccc3cnn(Cc4ccc(Cl)cc4)c3c2)c1. The number of amides is 1. The Kier molecular flexibility index (Phi) is 5.49. The quantitative estimate of drug-likeness (QED) is 0.507. The molecule has 0 bridgehead atoms. The highest BCUT2D eigenvalue weighted by Crippen LogP contribution is 2.19. The van der Waals surface area contributed by atoms with Gasteiger partial charge in [0.15, 0.2) is 0 Å². The van der Waals surface area contributed by atoms with Gasteiger partial charge in [-0.1, -0.05) is 41.9 Å². The molecule has 0 radical (unpaired) electrons. The second-order valence-electron chi connectivity index (χ2n) is 6.74. The maximum absolute atomic E-state index is 12.7. The Morgan fingerprint density at radius 3 is 2.69 bits per heavy atom. The van der Waals surface area contributed by atoms with Crippen LogP contribution in [-0.2, 0) is 13.1 Å². The highest BCUT2D eigenvalue weighted by Gasteiger charge is 2.10. The highest BCUT2D eigenvalue weighted by molar-refractivity contribution is 6.30. The zero-order valence-electron chi connectivity index (χ0n) is 15.9. The van der Waals surface area contributed by atoms with Crippen LogP contribution in [0.2, 0.25) is 5.02 Å². The molecule has 0 fully saturated rings. The number of carbonyl (C=O) groups excluding carboxylic acids is 1. The molecule has 5 nitrogen and oxygen atoms in total. The second kappa shape index (κ2) is 8.37. The Bertz CT molecular complexity index is 1150. The first-order valence-corrected chi connectivity index (χ1v) is 9.61. The van der Waals surface area contributed by atoms with E-state index in [1.165, 1.54) is 0 Å². The predicted octanol–water partition coefficient (Wildman–Crippen LogP) is 4.68. The van der Waals surface area contributed by atoms with Crippen LogP contribution in [-0.4, -0.2) is 22.8 Å². The van der Waals surface area contributed by atoms with Gasteiger partial charge in [0.25, 0.3) is 5.91 Å². The molecule has 4 rings (SSSR count). The molecule has 0 aliphatic heterocycles. The van der Waals surface area contributed by atoms with Gasteiger partial charge in [-0.15, -0.1) is 0 Å². The standard InChI is InChI=1S/C23H20ClN3O2/c1-29-21-4-2-3-17(11-21)13-25-23(28)18-7-8-19-14-26-27(22(19)12-18)15-16-5-9-20(24)10-6-16/h2-12,14H,13,15H2,1H3,(H,25,28). The minimum absolute atomic E-state index is 0.131. The molecule has 0 aliphatic rings. The smallest absolute Gasteiger partial charge is 0.251 e. The van der Waals surface area contributed by atoms with E-state index in [0.717, 1.165) is 27.8 Å². The number of aromatic nitrogens is 2. The maximum atomic E-state index is 12.7. The van der Waals surface area contributed by atoms with Gasteiger partial charge >= 0.3 is 0 Å². The highest BCUT2D eigenvalue weighted by atomic mass is 35.5. The van der Waals surface area contributed by atoms with Gasteiger partial charge in [-0.25, -0.2) is 0 Å². The Hall–Kier alpha value is -3.31. The number of carbonyl (C=O) groups is 1. The molecule has 1 amide bonds. The van der Waals surface area contributed by atoms with Gasteiger partial charge in [0.05, 0.1) is 25.4 Å². The molecule has 3 aromatic carbocycles. The molecule has 1 heterocycles. The fraction of sp³-hybridized carbons (Fsp3) is 0.130. The van der Waals surface area contributed by atoms with Crippen LogP contribution in [0.15, 0.2) is 72.9 Å². The number of rotatable bonds is 6. The van der Waals surface area contributed by atoms with Crippen molar-refractivity contribution < 1.29 is 9.53 Å². The topological polar surface area (TPSA) is 56.1 Å². The molecule has 6 heteroatoms. The lowest BCUT2D eigenvalue weighted by Gasteiger charge is -2.08. The number of hydrogen-bond donors (Lipinski definition) is 1. The lowest BCUT2D eigenvalue weighted by Crippen LogP contribution is -2.22. The average molecular weight is 406 g/mol. The summed E-state index contributed by atoms with van der Waals surface area (Å²) in [6.07, 6.45) is 1.81. The lowest BCUT2D eigenvalue weighted by molar-refractivity contribution is 0.0951. The van der Waals surface area contributed by atoms with Crippen LogP contribution < -0.4 is 10.1 Å². The normalized spacial score (nSPS) is 10.8. The van der Waals surface area contributed by atoms with Gasteiger partial charge in [-0.3, -0.25) is 9.48 Å². The van der Waals surface area contributed by atoms with Crippen molar-refractivity contribution >= 4 is 28.4 Å². The van der Waals surface area contributed by atoms with Crippen LogP contribution in [0, 0.1) is 0 Å². The van der Waals surface area contributed by atoms with Crippen molar-refractivity contribution in [2.45, 2.75) is 13.1 Å². The van der Waals surface area contributed by atoms with E-state index in [4.69, 9.17) is 16.3 Å². The first kappa shape index (κ1) is 19.0. The number of fused-ring (bicyclic) bond motifs is 1. The Morgan fingerprint density at radius 1 is 1.07 bits per heavy atom. The molecule has 0 saturated carbocycles. The summed E-state index contributed by atoms with van der Waals surface area (Å²) in [7, 11) is 1.63. The first-order chi connectivity index (χ1) is 14.1. The summed E-state index contributed by atoms with van der Waals surface area (Å²) in [6.45, 7) is 1.04. The summed E-state index contributed by atoms with van der Waals surface area (Å²) in [5.74, 6) is 0.637. The van der Waals surface area contributed by atoms with Crippen LogP contribution in [0.3, 0.4) is 0 Å². The van der Waals surface area contributed by atoms with Crippen molar-refractivity contribution in [3.8, 4) is 5.75 Å². The molecular formula is C23H20ClN3O2. The molecule has 146 valence electrons. The molecule has 0 atom stereocenters. The van der Waals surface area contributed by atoms with E-state index in [1.807, 2.05) is 77.6 Å². The third kappa shape index (κ3) is 4.41. The summed E-state index contributed by atoms with van der Waals surface area (Å²) >= 11 is 5.96. The third-order valence-corrected chi connectivity index (χ3v) is 4.99. The monoisotopic (exact) mass is 405 g/mol. The summed E-state index contributed by atoms with van der Waals surface area (Å²) in [6, 6.07) is 20.9. The molecule has 1 aromatic heterocycles. The van der Waals surface area contributed by atoms with Gasteiger partial charge < -0.3 is 10.1 Å². The molecule has 1 N–H and O–H groups in total. The van der Waals surface area contributed by atoms with Gasteiger partial charge in [0.1, 0.15) is 5.75 Å². The number of methoxy groups -OCH3 is 1. The fourth-order valence-corrected chi connectivity index (χ4v) is 3.29. The summed E-state index contributed by atoms with van der Waals surface area (Å²) in [4.78, 5) is 12.7. The van der Waals surface area contributed by atoms with E-state index in [-0.39, 0.29) is 5.91 Å². The summed E-state index contributed by atoms with van der Waals surface area (Å²) in [5.41, 5.74) is 3.58. The third-order valence-electron chi connectivity index (χ3n) is 4.74. The first-order valence-electron chi connectivity index (χ1n) is 9.23. The average Bonchev–Trinajstić information content (AvgIpc) is 3.15. The minimum atomic E-state index is -0.131. The van der Waals surface area contributed by atoms with E-state index >= 15 is 0 Å². The van der Waals surface area contributed by atoms with Crippen molar-refractivity contribution in [3.63, 3.8) is 0 Å². The molecule has 4 aromatic rings.